The topological polar surface area (TPSA) is 54.7 Å². The number of rotatable bonds is 2. The van der Waals surface area contributed by atoms with Crippen LogP contribution in [0.1, 0.15) is 5.69 Å². The van der Waals surface area contributed by atoms with Crippen LogP contribution in [0.4, 0.5) is 0 Å². The van der Waals surface area contributed by atoms with Crippen LogP contribution in [-0.2, 0) is 6.42 Å². The first-order valence-corrected chi connectivity index (χ1v) is 4.03. The number of aromatic nitrogens is 2. The lowest BCUT2D eigenvalue weighted by atomic mass is 10.2. The molecule has 0 aromatic carbocycles. The molecule has 0 unspecified atom stereocenters. The minimum Gasteiger partial charge on any atom is -0.360 e. The predicted molar refractivity (Wildman–Crippen MR) is 48.9 cm³/mol. The molecule has 0 fully saturated rings. The van der Waals surface area contributed by atoms with Gasteiger partial charge >= 0.3 is 0 Å². The summed E-state index contributed by atoms with van der Waals surface area (Å²) < 4.78 is 0. The van der Waals surface area contributed by atoms with E-state index >= 15 is 0 Å². The fraction of sp³-hybridized carbons (Fsp3) is 0.222. The summed E-state index contributed by atoms with van der Waals surface area (Å²) >= 11 is 0. The van der Waals surface area contributed by atoms with Crippen molar-refractivity contribution in [2.45, 2.75) is 6.42 Å². The SMILES string of the molecule is NCCc1nccc2cc[nH]c12. The van der Waals surface area contributed by atoms with Crippen LogP contribution in [0.5, 0.6) is 0 Å². The molecule has 0 saturated heterocycles. The van der Waals surface area contributed by atoms with Gasteiger partial charge in [0.2, 0.25) is 0 Å². The molecule has 0 radical (unpaired) electrons. The van der Waals surface area contributed by atoms with Crippen LogP contribution < -0.4 is 5.73 Å². The third-order valence-electron chi connectivity index (χ3n) is 1.93. The van der Waals surface area contributed by atoms with Gasteiger partial charge in [-0.15, -0.1) is 0 Å². The summed E-state index contributed by atoms with van der Waals surface area (Å²) in [5.41, 5.74) is 7.64. The Hall–Kier alpha value is -1.35. The van der Waals surface area contributed by atoms with Crippen molar-refractivity contribution in [3.63, 3.8) is 0 Å². The maximum atomic E-state index is 5.47. The summed E-state index contributed by atoms with van der Waals surface area (Å²) in [5, 5.41) is 1.20. The van der Waals surface area contributed by atoms with Gasteiger partial charge in [-0.2, -0.15) is 0 Å². The van der Waals surface area contributed by atoms with Gasteiger partial charge in [0, 0.05) is 24.2 Å². The summed E-state index contributed by atoms with van der Waals surface area (Å²) in [7, 11) is 0. The predicted octanol–water partition coefficient (Wildman–Crippen LogP) is 1.06. The molecular formula is C9H11N3. The van der Waals surface area contributed by atoms with Gasteiger partial charge in [-0.05, 0) is 18.7 Å². The molecule has 12 heavy (non-hydrogen) atoms. The molecule has 0 aliphatic heterocycles. The van der Waals surface area contributed by atoms with Crippen molar-refractivity contribution in [2.75, 3.05) is 6.54 Å². The molecule has 62 valence electrons. The third-order valence-corrected chi connectivity index (χ3v) is 1.93. The Morgan fingerprint density at radius 1 is 1.42 bits per heavy atom. The van der Waals surface area contributed by atoms with Crippen LogP contribution in [0.15, 0.2) is 24.5 Å². The maximum absolute atomic E-state index is 5.47. The molecule has 0 atom stereocenters. The molecule has 3 nitrogen and oxygen atoms in total. The van der Waals surface area contributed by atoms with Crippen molar-refractivity contribution in [1.82, 2.24) is 9.97 Å². The number of pyridine rings is 1. The van der Waals surface area contributed by atoms with Crippen LogP contribution >= 0.6 is 0 Å². The number of hydrogen-bond donors (Lipinski definition) is 2. The van der Waals surface area contributed by atoms with E-state index in [-0.39, 0.29) is 0 Å². The number of aromatic amines is 1. The van der Waals surface area contributed by atoms with Gasteiger partial charge < -0.3 is 10.7 Å². The molecular weight excluding hydrogens is 150 g/mol. The highest BCUT2D eigenvalue weighted by Gasteiger charge is 2.00. The average molecular weight is 161 g/mol. The lowest BCUT2D eigenvalue weighted by molar-refractivity contribution is 0.932. The van der Waals surface area contributed by atoms with Crippen molar-refractivity contribution in [3.05, 3.63) is 30.2 Å². The normalized spacial score (nSPS) is 10.8. The van der Waals surface area contributed by atoms with E-state index in [0.29, 0.717) is 6.54 Å². The summed E-state index contributed by atoms with van der Waals surface area (Å²) in [4.78, 5) is 7.41. The molecule has 2 rings (SSSR count). The highest BCUT2D eigenvalue weighted by atomic mass is 14.8. The number of nitrogens with one attached hydrogen (secondary N) is 1. The van der Waals surface area contributed by atoms with Crippen LogP contribution in [0.3, 0.4) is 0 Å². The Labute approximate surface area is 70.6 Å². The first-order valence-electron chi connectivity index (χ1n) is 4.03. The quantitative estimate of drug-likeness (QED) is 0.692. The number of hydrogen-bond acceptors (Lipinski definition) is 2. The van der Waals surface area contributed by atoms with Gasteiger partial charge in [0.1, 0.15) is 0 Å². The van der Waals surface area contributed by atoms with Gasteiger partial charge in [0.05, 0.1) is 11.2 Å². The van der Waals surface area contributed by atoms with E-state index < -0.39 is 0 Å². The third kappa shape index (κ3) is 1.08. The van der Waals surface area contributed by atoms with Gasteiger partial charge in [-0.3, -0.25) is 4.98 Å². The average Bonchev–Trinajstić information content (AvgIpc) is 2.53. The van der Waals surface area contributed by atoms with Crippen LogP contribution in [-0.4, -0.2) is 16.5 Å². The maximum Gasteiger partial charge on any atom is 0.0673 e. The van der Waals surface area contributed by atoms with E-state index in [1.54, 1.807) is 0 Å². The Balaban J connectivity index is 2.57. The molecule has 0 aliphatic carbocycles. The first-order chi connectivity index (χ1) is 5.92. The lowest BCUT2D eigenvalue weighted by Gasteiger charge is -1.98. The number of H-pyrrole nitrogens is 1. The minimum absolute atomic E-state index is 0.644. The van der Waals surface area contributed by atoms with Crippen molar-refractivity contribution < 1.29 is 0 Å². The highest BCUT2D eigenvalue weighted by Crippen LogP contribution is 2.14. The smallest absolute Gasteiger partial charge is 0.0673 e. The Kier molecular flexibility index (Phi) is 1.80. The summed E-state index contributed by atoms with van der Waals surface area (Å²) in [6.07, 6.45) is 4.57. The Morgan fingerprint density at radius 2 is 2.33 bits per heavy atom. The zero-order valence-corrected chi connectivity index (χ0v) is 6.75. The van der Waals surface area contributed by atoms with Gasteiger partial charge in [0.15, 0.2) is 0 Å². The van der Waals surface area contributed by atoms with E-state index in [2.05, 4.69) is 9.97 Å². The summed E-state index contributed by atoms with van der Waals surface area (Å²) in [6, 6.07) is 4.03. The Morgan fingerprint density at radius 3 is 3.17 bits per heavy atom. The molecule has 0 spiro atoms. The Bertz CT molecular complexity index is 378. The number of nitrogens with zero attached hydrogens (tertiary/aromatic N) is 1. The molecule has 0 aliphatic rings. The standard InChI is InChI=1S/C9H11N3/c10-4-1-8-9-7(2-5-11-8)3-6-12-9/h2-3,5-6,12H,1,4,10H2. The molecule has 2 heterocycles. The highest BCUT2D eigenvalue weighted by molar-refractivity contribution is 5.80. The van der Waals surface area contributed by atoms with Crippen molar-refractivity contribution in [2.24, 2.45) is 5.73 Å². The fourth-order valence-electron chi connectivity index (χ4n) is 1.37. The van der Waals surface area contributed by atoms with Crippen molar-refractivity contribution >= 4 is 10.9 Å². The van der Waals surface area contributed by atoms with E-state index in [1.165, 1.54) is 5.39 Å². The largest absolute Gasteiger partial charge is 0.360 e. The summed E-state index contributed by atoms with van der Waals surface area (Å²) in [6.45, 7) is 0.644. The number of fused-ring (bicyclic) bond motifs is 1. The molecule has 3 N–H and O–H groups in total. The van der Waals surface area contributed by atoms with Crippen LogP contribution in [0, 0.1) is 0 Å². The zero-order chi connectivity index (χ0) is 8.39. The second-order valence-electron chi connectivity index (χ2n) is 2.74. The molecule has 3 heteroatoms. The fourth-order valence-corrected chi connectivity index (χ4v) is 1.37. The molecule has 0 saturated carbocycles. The van der Waals surface area contributed by atoms with Crippen molar-refractivity contribution in [1.29, 1.82) is 0 Å². The van der Waals surface area contributed by atoms with E-state index in [9.17, 15) is 0 Å². The second-order valence-corrected chi connectivity index (χ2v) is 2.74. The van der Waals surface area contributed by atoms with Gasteiger partial charge in [0.25, 0.3) is 0 Å². The van der Waals surface area contributed by atoms with Gasteiger partial charge in [-0.1, -0.05) is 0 Å². The molecule has 2 aromatic rings. The van der Waals surface area contributed by atoms with E-state index in [1.807, 2.05) is 24.5 Å². The van der Waals surface area contributed by atoms with E-state index in [4.69, 9.17) is 5.73 Å². The minimum atomic E-state index is 0.644. The van der Waals surface area contributed by atoms with Crippen molar-refractivity contribution in [3.8, 4) is 0 Å². The molecule has 0 bridgehead atoms. The molecule has 0 amide bonds. The van der Waals surface area contributed by atoms with E-state index in [0.717, 1.165) is 17.6 Å². The molecule has 2 aromatic heterocycles. The first kappa shape index (κ1) is 7.31. The van der Waals surface area contributed by atoms with Crippen LogP contribution in [0.25, 0.3) is 10.9 Å². The van der Waals surface area contributed by atoms with Gasteiger partial charge in [-0.25, -0.2) is 0 Å². The van der Waals surface area contributed by atoms with Crippen LogP contribution in [0.2, 0.25) is 0 Å². The lowest BCUT2D eigenvalue weighted by Crippen LogP contribution is -2.04. The summed E-state index contributed by atoms with van der Waals surface area (Å²) in [5.74, 6) is 0. The number of nitrogens with two attached hydrogens (primary N) is 1. The zero-order valence-electron chi connectivity index (χ0n) is 6.75. The second kappa shape index (κ2) is 2.95. The monoisotopic (exact) mass is 161 g/mol.